The Bertz CT molecular complexity index is 1330. The van der Waals surface area contributed by atoms with Gasteiger partial charge in [0, 0.05) is 18.0 Å². The molecule has 4 aromatic rings. The first-order valence-corrected chi connectivity index (χ1v) is 12.7. The van der Waals surface area contributed by atoms with Crippen molar-refractivity contribution in [1.29, 1.82) is 0 Å². The van der Waals surface area contributed by atoms with Crippen molar-refractivity contribution in [1.82, 2.24) is 19.7 Å². The van der Waals surface area contributed by atoms with Gasteiger partial charge in [0.05, 0.1) is 11.4 Å². The fourth-order valence-corrected chi connectivity index (χ4v) is 4.72. The predicted molar refractivity (Wildman–Crippen MR) is 138 cm³/mol. The van der Waals surface area contributed by atoms with Crippen LogP contribution in [0.2, 0.25) is 0 Å². The molecule has 0 aliphatic heterocycles. The Hall–Kier alpha value is -3.17. The molecule has 0 fully saturated rings. The predicted octanol–water partition coefficient (Wildman–Crippen LogP) is 5.48. The molecule has 2 aromatic carbocycles. The van der Waals surface area contributed by atoms with E-state index in [4.69, 9.17) is 4.74 Å². The number of hydrogen-bond acceptors (Lipinski definition) is 7. The first-order valence-electron chi connectivity index (χ1n) is 10.8. The molecule has 2 aromatic heterocycles. The van der Waals surface area contributed by atoms with Crippen LogP contribution in [0, 0.1) is 27.7 Å². The number of thioether (sulfide) groups is 1. The molecule has 0 saturated heterocycles. The van der Waals surface area contributed by atoms with Crippen LogP contribution in [0.4, 0.5) is 5.13 Å². The van der Waals surface area contributed by atoms with E-state index in [2.05, 4.69) is 58.6 Å². The van der Waals surface area contributed by atoms with Gasteiger partial charge in [0.1, 0.15) is 12.4 Å². The van der Waals surface area contributed by atoms with E-state index in [0.29, 0.717) is 22.7 Å². The number of thiazole rings is 1. The lowest BCUT2D eigenvalue weighted by Gasteiger charge is -2.09. The smallest absolute Gasteiger partial charge is 0.236 e. The van der Waals surface area contributed by atoms with Gasteiger partial charge in [-0.25, -0.2) is 4.98 Å². The number of aryl methyl sites for hydroxylation is 4. The van der Waals surface area contributed by atoms with Crippen LogP contribution in [0.1, 0.15) is 28.1 Å². The van der Waals surface area contributed by atoms with Crippen molar-refractivity contribution in [3.8, 4) is 17.0 Å². The molecular weight excluding hydrogens is 466 g/mol. The molecule has 34 heavy (non-hydrogen) atoms. The van der Waals surface area contributed by atoms with E-state index in [1.165, 1.54) is 34.2 Å². The van der Waals surface area contributed by atoms with Crippen molar-refractivity contribution in [3.63, 3.8) is 0 Å². The zero-order valence-corrected chi connectivity index (χ0v) is 21.5. The van der Waals surface area contributed by atoms with E-state index >= 15 is 0 Å². The topological polar surface area (TPSA) is 81.9 Å². The van der Waals surface area contributed by atoms with E-state index in [1.807, 2.05) is 43.0 Å². The van der Waals surface area contributed by atoms with Crippen molar-refractivity contribution < 1.29 is 9.53 Å². The summed E-state index contributed by atoms with van der Waals surface area (Å²) in [7, 11) is 1.87. The first kappa shape index (κ1) is 24.0. The fourth-order valence-electron chi connectivity index (χ4n) is 3.25. The molecule has 0 bridgehead atoms. The van der Waals surface area contributed by atoms with Crippen LogP contribution in [0.25, 0.3) is 11.3 Å². The third-order valence-electron chi connectivity index (χ3n) is 5.51. The molecule has 0 aliphatic carbocycles. The number of carbonyl (C=O) groups is 1. The van der Waals surface area contributed by atoms with Crippen molar-refractivity contribution in [2.45, 2.75) is 39.5 Å². The zero-order valence-electron chi connectivity index (χ0n) is 19.9. The lowest BCUT2D eigenvalue weighted by Crippen LogP contribution is -2.14. The number of amides is 1. The van der Waals surface area contributed by atoms with Gasteiger partial charge in [-0.3, -0.25) is 4.79 Å². The minimum Gasteiger partial charge on any atom is -0.485 e. The Labute approximate surface area is 207 Å². The van der Waals surface area contributed by atoms with Crippen molar-refractivity contribution in [2.75, 3.05) is 11.1 Å². The van der Waals surface area contributed by atoms with Gasteiger partial charge in [-0.2, -0.15) is 0 Å². The molecule has 0 spiro atoms. The number of hydrogen-bond donors (Lipinski definition) is 1. The normalized spacial score (nSPS) is 11.0. The van der Waals surface area contributed by atoms with Gasteiger partial charge in [0.2, 0.25) is 5.91 Å². The maximum Gasteiger partial charge on any atom is 0.236 e. The lowest BCUT2D eigenvalue weighted by atomic mass is 10.1. The molecule has 176 valence electrons. The Morgan fingerprint density at radius 3 is 2.65 bits per heavy atom. The Morgan fingerprint density at radius 1 is 1.06 bits per heavy atom. The minimum absolute atomic E-state index is 0.137. The standard InChI is InChI=1S/C25H27N5O2S2/c1-15-6-7-17(3)21(10-15)32-12-22-28-29-25(30(22)5)34-14-23(31)27-24-26-20(13-33-24)19-9-8-16(2)18(4)11-19/h6-11,13H,12,14H2,1-5H3,(H,26,27,31). The summed E-state index contributed by atoms with van der Waals surface area (Å²) >= 11 is 2.74. The number of rotatable bonds is 8. The number of nitrogens with one attached hydrogen (secondary N) is 1. The van der Waals surface area contributed by atoms with E-state index in [0.717, 1.165) is 28.1 Å². The van der Waals surface area contributed by atoms with Crippen LogP contribution in [-0.4, -0.2) is 31.4 Å². The highest BCUT2D eigenvalue weighted by atomic mass is 32.2. The van der Waals surface area contributed by atoms with Crippen LogP contribution in [0.3, 0.4) is 0 Å². The molecule has 0 radical (unpaired) electrons. The fraction of sp³-hybridized carbons (Fsp3) is 0.280. The van der Waals surface area contributed by atoms with Crippen molar-refractivity contribution >= 4 is 34.1 Å². The van der Waals surface area contributed by atoms with E-state index in [9.17, 15) is 4.79 Å². The maximum atomic E-state index is 12.5. The van der Waals surface area contributed by atoms with E-state index < -0.39 is 0 Å². The Balaban J connectivity index is 1.31. The summed E-state index contributed by atoms with van der Waals surface area (Å²) in [6, 6.07) is 12.3. The molecule has 7 nitrogen and oxygen atoms in total. The summed E-state index contributed by atoms with van der Waals surface area (Å²) in [5.41, 5.74) is 6.58. The van der Waals surface area contributed by atoms with Crippen LogP contribution in [0.15, 0.2) is 46.9 Å². The highest BCUT2D eigenvalue weighted by Gasteiger charge is 2.14. The van der Waals surface area contributed by atoms with Crippen molar-refractivity contribution in [2.24, 2.45) is 7.05 Å². The summed E-state index contributed by atoms with van der Waals surface area (Å²) in [5.74, 6) is 1.60. The third-order valence-corrected chi connectivity index (χ3v) is 7.29. The highest BCUT2D eigenvalue weighted by Crippen LogP contribution is 2.27. The average molecular weight is 494 g/mol. The monoisotopic (exact) mass is 493 g/mol. The molecule has 0 unspecified atom stereocenters. The quantitative estimate of drug-likeness (QED) is 0.327. The maximum absolute atomic E-state index is 12.5. The second-order valence-electron chi connectivity index (χ2n) is 8.19. The van der Waals surface area contributed by atoms with E-state index in [1.54, 1.807) is 0 Å². The molecule has 4 rings (SSSR count). The minimum atomic E-state index is -0.137. The molecule has 0 saturated carbocycles. The third kappa shape index (κ3) is 5.66. The largest absolute Gasteiger partial charge is 0.485 e. The van der Waals surface area contributed by atoms with Gasteiger partial charge in [0.15, 0.2) is 16.1 Å². The van der Waals surface area contributed by atoms with Gasteiger partial charge in [-0.15, -0.1) is 21.5 Å². The van der Waals surface area contributed by atoms with Crippen molar-refractivity contribution in [3.05, 3.63) is 69.9 Å². The molecule has 1 amide bonds. The highest BCUT2D eigenvalue weighted by molar-refractivity contribution is 7.99. The van der Waals surface area contributed by atoms with Crippen LogP contribution < -0.4 is 10.1 Å². The second kappa shape index (κ2) is 10.4. The summed E-state index contributed by atoms with van der Waals surface area (Å²) in [6.07, 6.45) is 0. The molecule has 0 atom stereocenters. The summed E-state index contributed by atoms with van der Waals surface area (Å²) in [5, 5.41) is 14.5. The number of carbonyl (C=O) groups excluding carboxylic acids is 1. The summed E-state index contributed by atoms with van der Waals surface area (Å²) in [4.78, 5) is 17.0. The number of benzene rings is 2. The van der Waals surface area contributed by atoms with Gasteiger partial charge >= 0.3 is 0 Å². The first-order chi connectivity index (χ1) is 16.3. The van der Waals surface area contributed by atoms with Gasteiger partial charge in [0.25, 0.3) is 0 Å². The second-order valence-corrected chi connectivity index (χ2v) is 9.99. The Kier molecular flexibility index (Phi) is 7.33. The van der Waals surface area contributed by atoms with E-state index in [-0.39, 0.29) is 11.7 Å². The number of aromatic nitrogens is 4. The zero-order chi connectivity index (χ0) is 24.2. The van der Waals surface area contributed by atoms with Crippen LogP contribution in [0.5, 0.6) is 5.75 Å². The van der Waals surface area contributed by atoms with Gasteiger partial charge in [-0.1, -0.05) is 36.0 Å². The molecule has 0 aliphatic rings. The molecular formula is C25H27N5O2S2. The van der Waals surface area contributed by atoms with Crippen LogP contribution in [-0.2, 0) is 18.4 Å². The Morgan fingerprint density at radius 2 is 1.85 bits per heavy atom. The summed E-state index contributed by atoms with van der Waals surface area (Å²) in [6.45, 7) is 8.52. The molecule has 2 heterocycles. The van der Waals surface area contributed by atoms with Crippen LogP contribution >= 0.6 is 23.1 Å². The molecule has 9 heteroatoms. The lowest BCUT2D eigenvalue weighted by molar-refractivity contribution is -0.113. The van der Waals surface area contributed by atoms with Gasteiger partial charge < -0.3 is 14.6 Å². The number of anilines is 1. The number of ether oxygens (including phenoxy) is 1. The summed E-state index contributed by atoms with van der Waals surface area (Å²) < 4.78 is 7.79. The molecule has 1 N–H and O–H groups in total. The SMILES string of the molecule is Cc1ccc(C)c(OCc2nnc(SCC(=O)Nc3nc(-c4ccc(C)c(C)c4)cs3)n2C)c1. The van der Waals surface area contributed by atoms with Gasteiger partial charge in [-0.05, 0) is 62.1 Å². The number of nitrogens with zero attached hydrogens (tertiary/aromatic N) is 4. The average Bonchev–Trinajstić information content (AvgIpc) is 3.41.